The number of carbonyl (C=O) groups is 1. The minimum atomic E-state index is -0.763. The highest BCUT2D eigenvalue weighted by Gasteiger charge is 2.29. The fraction of sp³-hybridized carbons (Fsp3) is 0.462. The summed E-state index contributed by atoms with van der Waals surface area (Å²) < 4.78 is 0. The summed E-state index contributed by atoms with van der Waals surface area (Å²) in [5.74, 6) is -1.20. The van der Waals surface area contributed by atoms with Crippen molar-refractivity contribution in [2.24, 2.45) is 0 Å². The molecule has 106 valence electrons. The van der Waals surface area contributed by atoms with Crippen LogP contribution in [0.3, 0.4) is 0 Å². The lowest BCUT2D eigenvalue weighted by molar-refractivity contribution is -0.139. The molecule has 0 spiro atoms. The van der Waals surface area contributed by atoms with Crippen LogP contribution in [0.25, 0.3) is 0 Å². The van der Waals surface area contributed by atoms with E-state index in [4.69, 9.17) is 0 Å². The summed E-state index contributed by atoms with van der Waals surface area (Å²) >= 11 is 3.20. The van der Waals surface area contributed by atoms with Crippen molar-refractivity contribution in [1.29, 1.82) is 0 Å². The van der Waals surface area contributed by atoms with Gasteiger partial charge in [-0.05, 0) is 26.2 Å². The lowest BCUT2D eigenvalue weighted by atomic mass is 9.91. The van der Waals surface area contributed by atoms with E-state index in [1.807, 2.05) is 12.4 Å². The molecule has 2 N–H and O–H groups in total. The Labute approximate surface area is 124 Å². The van der Waals surface area contributed by atoms with Gasteiger partial charge in [-0.25, -0.2) is 9.97 Å². The second-order valence-corrected chi connectivity index (χ2v) is 6.85. The molecule has 1 aliphatic rings. The SMILES string of the molecule is Cc1ncsc1CNc1nc2c(s1)CCCC2C(=O)O. The van der Waals surface area contributed by atoms with Gasteiger partial charge in [0.05, 0.1) is 23.4 Å². The zero-order valence-electron chi connectivity index (χ0n) is 11.0. The molecule has 0 radical (unpaired) electrons. The number of nitrogens with one attached hydrogen (secondary N) is 1. The number of rotatable bonds is 4. The molecule has 1 aliphatic carbocycles. The zero-order chi connectivity index (χ0) is 14.1. The molecule has 0 fully saturated rings. The van der Waals surface area contributed by atoms with Crippen LogP contribution in [0.15, 0.2) is 5.51 Å². The van der Waals surface area contributed by atoms with Gasteiger partial charge in [-0.2, -0.15) is 0 Å². The first-order chi connectivity index (χ1) is 9.65. The molecule has 20 heavy (non-hydrogen) atoms. The van der Waals surface area contributed by atoms with Gasteiger partial charge in [-0.15, -0.1) is 22.7 Å². The van der Waals surface area contributed by atoms with Gasteiger partial charge in [0.15, 0.2) is 5.13 Å². The highest BCUT2D eigenvalue weighted by Crippen LogP contribution is 2.37. The van der Waals surface area contributed by atoms with E-state index in [1.165, 1.54) is 4.88 Å². The molecule has 0 amide bonds. The van der Waals surface area contributed by atoms with Crippen molar-refractivity contribution in [3.63, 3.8) is 0 Å². The van der Waals surface area contributed by atoms with Crippen LogP contribution in [0.4, 0.5) is 5.13 Å². The van der Waals surface area contributed by atoms with Gasteiger partial charge in [0.2, 0.25) is 0 Å². The van der Waals surface area contributed by atoms with E-state index in [-0.39, 0.29) is 0 Å². The summed E-state index contributed by atoms with van der Waals surface area (Å²) in [4.78, 5) is 22.3. The van der Waals surface area contributed by atoms with E-state index < -0.39 is 11.9 Å². The second kappa shape index (κ2) is 5.49. The summed E-state index contributed by atoms with van der Waals surface area (Å²) in [6, 6.07) is 0. The van der Waals surface area contributed by atoms with E-state index in [0.717, 1.165) is 34.2 Å². The molecule has 1 unspecified atom stereocenters. The molecular weight excluding hydrogens is 294 g/mol. The number of nitrogens with zero attached hydrogens (tertiary/aromatic N) is 2. The smallest absolute Gasteiger partial charge is 0.312 e. The van der Waals surface area contributed by atoms with Gasteiger partial charge in [0.1, 0.15) is 5.92 Å². The first-order valence-corrected chi connectivity index (χ1v) is 8.20. The largest absolute Gasteiger partial charge is 0.481 e. The molecule has 5 nitrogen and oxygen atoms in total. The fourth-order valence-electron chi connectivity index (χ4n) is 2.39. The van der Waals surface area contributed by atoms with Crippen molar-refractivity contribution in [2.75, 3.05) is 5.32 Å². The number of hydrogen-bond acceptors (Lipinski definition) is 6. The number of carboxylic acids is 1. The number of thiazole rings is 2. The van der Waals surface area contributed by atoms with Crippen LogP contribution in [-0.2, 0) is 17.8 Å². The molecule has 0 aliphatic heterocycles. The van der Waals surface area contributed by atoms with Gasteiger partial charge in [0, 0.05) is 9.75 Å². The van der Waals surface area contributed by atoms with Crippen molar-refractivity contribution in [2.45, 2.75) is 38.6 Å². The molecule has 1 atom stereocenters. The molecule has 0 bridgehead atoms. The molecule has 0 aromatic carbocycles. The Morgan fingerprint density at radius 2 is 2.45 bits per heavy atom. The highest BCUT2D eigenvalue weighted by molar-refractivity contribution is 7.15. The van der Waals surface area contributed by atoms with Gasteiger partial charge in [-0.1, -0.05) is 0 Å². The maximum absolute atomic E-state index is 11.3. The minimum absolute atomic E-state index is 0.435. The van der Waals surface area contributed by atoms with Crippen molar-refractivity contribution >= 4 is 33.8 Å². The minimum Gasteiger partial charge on any atom is -0.481 e. The summed E-state index contributed by atoms with van der Waals surface area (Å²) in [5, 5.41) is 13.4. The topological polar surface area (TPSA) is 75.1 Å². The number of fused-ring (bicyclic) bond motifs is 1. The molecule has 0 saturated heterocycles. The fourth-order valence-corrected chi connectivity index (χ4v) is 4.16. The van der Waals surface area contributed by atoms with Crippen LogP contribution in [0.2, 0.25) is 0 Å². The van der Waals surface area contributed by atoms with Crippen molar-refractivity contribution in [3.05, 3.63) is 26.7 Å². The van der Waals surface area contributed by atoms with Gasteiger partial charge >= 0.3 is 5.97 Å². The third-order valence-corrected chi connectivity index (χ3v) is 5.52. The van der Waals surface area contributed by atoms with Crippen LogP contribution in [-0.4, -0.2) is 21.0 Å². The molecular formula is C13H15N3O2S2. The van der Waals surface area contributed by atoms with Gasteiger partial charge < -0.3 is 10.4 Å². The predicted molar refractivity (Wildman–Crippen MR) is 79.6 cm³/mol. The Balaban J connectivity index is 1.76. The van der Waals surface area contributed by atoms with Crippen molar-refractivity contribution in [3.8, 4) is 0 Å². The lowest BCUT2D eigenvalue weighted by Crippen LogP contribution is -2.17. The Bertz CT molecular complexity index is 635. The van der Waals surface area contributed by atoms with Crippen LogP contribution in [0, 0.1) is 6.92 Å². The number of anilines is 1. The van der Waals surface area contributed by atoms with Crippen LogP contribution >= 0.6 is 22.7 Å². The van der Waals surface area contributed by atoms with Crippen LogP contribution in [0.5, 0.6) is 0 Å². The standard InChI is InChI=1S/C13H15N3O2S2/c1-7-10(19-6-15-7)5-14-13-16-11-8(12(17)18)3-2-4-9(11)20-13/h6,8H,2-5H2,1H3,(H,14,16)(H,17,18). The third kappa shape index (κ3) is 2.55. The van der Waals surface area contributed by atoms with E-state index in [9.17, 15) is 9.90 Å². The summed E-state index contributed by atoms with van der Waals surface area (Å²) in [6.45, 7) is 2.68. The summed E-state index contributed by atoms with van der Waals surface area (Å²) in [5.41, 5.74) is 3.63. The normalized spacial score (nSPS) is 17.8. The van der Waals surface area contributed by atoms with E-state index in [2.05, 4.69) is 15.3 Å². The molecule has 0 saturated carbocycles. The molecule has 3 rings (SSSR count). The average molecular weight is 309 g/mol. The number of hydrogen-bond donors (Lipinski definition) is 2. The molecule has 7 heteroatoms. The number of aromatic nitrogens is 2. The average Bonchev–Trinajstić information content (AvgIpc) is 3.01. The quantitative estimate of drug-likeness (QED) is 0.908. The monoisotopic (exact) mass is 309 g/mol. The highest BCUT2D eigenvalue weighted by atomic mass is 32.1. The molecule has 2 heterocycles. The number of aryl methyl sites for hydroxylation is 2. The van der Waals surface area contributed by atoms with Crippen molar-refractivity contribution in [1.82, 2.24) is 9.97 Å². The maximum Gasteiger partial charge on any atom is 0.312 e. The zero-order valence-corrected chi connectivity index (χ0v) is 12.7. The van der Waals surface area contributed by atoms with Gasteiger partial charge in [-0.3, -0.25) is 4.79 Å². The summed E-state index contributed by atoms with van der Waals surface area (Å²) in [6.07, 6.45) is 2.57. The summed E-state index contributed by atoms with van der Waals surface area (Å²) in [7, 11) is 0. The Hall–Kier alpha value is -1.47. The first-order valence-electron chi connectivity index (χ1n) is 6.50. The predicted octanol–water partition coefficient (Wildman–Crippen LogP) is 3.02. The van der Waals surface area contributed by atoms with E-state index in [1.54, 1.807) is 22.7 Å². The van der Waals surface area contributed by atoms with Crippen LogP contribution in [0.1, 0.15) is 39.9 Å². The van der Waals surface area contributed by atoms with E-state index >= 15 is 0 Å². The second-order valence-electron chi connectivity index (χ2n) is 4.82. The Morgan fingerprint density at radius 1 is 1.60 bits per heavy atom. The maximum atomic E-state index is 11.3. The first kappa shape index (κ1) is 13.5. The Morgan fingerprint density at radius 3 is 3.15 bits per heavy atom. The number of carboxylic acid groups (broad SMARTS) is 1. The van der Waals surface area contributed by atoms with Crippen molar-refractivity contribution < 1.29 is 9.90 Å². The lowest BCUT2D eigenvalue weighted by Gasteiger charge is -2.16. The Kier molecular flexibility index (Phi) is 3.71. The molecule has 2 aromatic heterocycles. The molecule has 2 aromatic rings. The van der Waals surface area contributed by atoms with Gasteiger partial charge in [0.25, 0.3) is 0 Å². The number of aliphatic carboxylic acids is 1. The van der Waals surface area contributed by atoms with Crippen LogP contribution < -0.4 is 5.32 Å². The third-order valence-electron chi connectivity index (χ3n) is 3.50. The van der Waals surface area contributed by atoms with E-state index in [0.29, 0.717) is 13.0 Å².